The highest BCUT2D eigenvalue weighted by Gasteiger charge is 2.41. The second kappa shape index (κ2) is 4.48. The van der Waals surface area contributed by atoms with Crippen LogP contribution in [0.1, 0.15) is 25.7 Å². The van der Waals surface area contributed by atoms with Gasteiger partial charge in [0.2, 0.25) is 0 Å². The van der Waals surface area contributed by atoms with Crippen LogP contribution in [-0.2, 0) is 0 Å². The van der Waals surface area contributed by atoms with E-state index >= 15 is 0 Å². The lowest BCUT2D eigenvalue weighted by Crippen LogP contribution is -2.18. The molecule has 2 aliphatic carbocycles. The molecule has 1 N–H and O–H groups in total. The van der Waals surface area contributed by atoms with E-state index in [1.54, 1.807) is 0 Å². The molecule has 0 spiro atoms. The molecule has 2 aromatic rings. The van der Waals surface area contributed by atoms with Gasteiger partial charge in [0.25, 0.3) is 0 Å². The minimum atomic E-state index is 0.881. The van der Waals surface area contributed by atoms with Gasteiger partial charge in [0.1, 0.15) is 0 Å². The highest BCUT2D eigenvalue weighted by atomic mass is 15.1. The molecular weight excluding hydrogens is 234 g/mol. The van der Waals surface area contributed by atoms with E-state index in [1.807, 2.05) is 18.3 Å². The summed E-state index contributed by atoms with van der Waals surface area (Å²) >= 11 is 0. The van der Waals surface area contributed by atoms with Crippen molar-refractivity contribution < 1.29 is 0 Å². The molecule has 2 saturated carbocycles. The maximum Gasteiger partial charge on any atom is 0.0950 e. The van der Waals surface area contributed by atoms with Gasteiger partial charge in [-0.2, -0.15) is 10.2 Å². The second-order valence-corrected chi connectivity index (χ2v) is 6.00. The third kappa shape index (κ3) is 2.29. The smallest absolute Gasteiger partial charge is 0.0950 e. The number of aromatic nitrogens is 2. The van der Waals surface area contributed by atoms with Crippen LogP contribution in [-0.4, -0.2) is 16.7 Å². The minimum absolute atomic E-state index is 0.881. The Hall–Kier alpha value is -1.64. The SMILES string of the molecule is c1ccc2c(NCC(C3CC3)C3CC3)cnnc2c1. The second-order valence-electron chi connectivity index (χ2n) is 6.00. The lowest BCUT2D eigenvalue weighted by atomic mass is 9.98. The van der Waals surface area contributed by atoms with E-state index in [9.17, 15) is 0 Å². The molecule has 1 aromatic heterocycles. The third-order valence-corrected chi connectivity index (χ3v) is 4.53. The molecule has 19 heavy (non-hydrogen) atoms. The highest BCUT2D eigenvalue weighted by Crippen LogP contribution is 2.49. The van der Waals surface area contributed by atoms with Gasteiger partial charge >= 0.3 is 0 Å². The summed E-state index contributed by atoms with van der Waals surface area (Å²) in [6, 6.07) is 8.22. The Morgan fingerprint density at radius 2 is 1.84 bits per heavy atom. The Morgan fingerprint density at radius 3 is 2.58 bits per heavy atom. The van der Waals surface area contributed by atoms with E-state index in [0.717, 1.165) is 35.5 Å². The molecule has 2 aliphatic rings. The normalized spacial score (nSPS) is 19.0. The number of nitrogens with zero attached hydrogens (tertiary/aromatic N) is 2. The summed E-state index contributed by atoms with van der Waals surface area (Å²) in [4.78, 5) is 0. The zero-order valence-electron chi connectivity index (χ0n) is 11.0. The van der Waals surface area contributed by atoms with Gasteiger partial charge in [-0.25, -0.2) is 0 Å². The number of hydrogen-bond acceptors (Lipinski definition) is 3. The van der Waals surface area contributed by atoms with Gasteiger partial charge in [-0.3, -0.25) is 0 Å². The molecule has 1 heterocycles. The Labute approximate surface area is 113 Å². The maximum absolute atomic E-state index is 4.17. The van der Waals surface area contributed by atoms with Gasteiger partial charge in [-0.1, -0.05) is 18.2 Å². The fourth-order valence-corrected chi connectivity index (χ4v) is 3.14. The van der Waals surface area contributed by atoms with Crippen molar-refractivity contribution in [3.63, 3.8) is 0 Å². The molecule has 4 rings (SSSR count). The van der Waals surface area contributed by atoms with Gasteiger partial charge in [-0.05, 0) is 49.5 Å². The predicted octanol–water partition coefficient (Wildman–Crippen LogP) is 3.48. The Morgan fingerprint density at radius 1 is 1.11 bits per heavy atom. The Bertz CT molecular complexity index is 570. The molecule has 0 atom stereocenters. The number of rotatable bonds is 5. The van der Waals surface area contributed by atoms with Crippen LogP contribution in [0, 0.1) is 17.8 Å². The first-order valence-corrected chi connectivity index (χ1v) is 7.36. The van der Waals surface area contributed by atoms with Crippen LogP contribution in [0.5, 0.6) is 0 Å². The van der Waals surface area contributed by atoms with E-state index in [2.05, 4.69) is 27.6 Å². The van der Waals surface area contributed by atoms with Gasteiger partial charge < -0.3 is 5.32 Å². The van der Waals surface area contributed by atoms with Crippen molar-refractivity contribution in [3.8, 4) is 0 Å². The number of anilines is 1. The van der Waals surface area contributed by atoms with Crippen molar-refractivity contribution in [3.05, 3.63) is 30.5 Å². The Kier molecular flexibility index (Phi) is 2.64. The van der Waals surface area contributed by atoms with Gasteiger partial charge in [0.05, 0.1) is 17.4 Å². The molecule has 2 fully saturated rings. The average molecular weight is 253 g/mol. The highest BCUT2D eigenvalue weighted by molar-refractivity contribution is 5.90. The summed E-state index contributed by atoms with van der Waals surface area (Å²) in [5, 5.41) is 13.1. The lowest BCUT2D eigenvalue weighted by molar-refractivity contribution is 0.428. The average Bonchev–Trinajstić information content (AvgIpc) is 3.33. The monoisotopic (exact) mass is 253 g/mol. The summed E-state index contributed by atoms with van der Waals surface area (Å²) in [7, 11) is 0. The molecule has 0 saturated heterocycles. The van der Waals surface area contributed by atoms with Crippen LogP contribution in [0.2, 0.25) is 0 Å². The van der Waals surface area contributed by atoms with Crippen LogP contribution in [0.25, 0.3) is 10.9 Å². The van der Waals surface area contributed by atoms with Crippen LogP contribution in [0.15, 0.2) is 30.5 Å². The first-order valence-electron chi connectivity index (χ1n) is 7.36. The standard InChI is InChI=1S/C16H19N3/c1-2-4-15-13(3-1)16(10-18-19-15)17-9-14(11-5-6-11)12-7-8-12/h1-4,10-12,14H,5-9H2,(H,17,19). The van der Waals surface area contributed by atoms with Gasteiger partial charge in [-0.15, -0.1) is 0 Å². The quantitative estimate of drug-likeness (QED) is 0.886. The molecule has 0 aliphatic heterocycles. The van der Waals surface area contributed by atoms with E-state index in [0.29, 0.717) is 0 Å². The number of benzene rings is 1. The van der Waals surface area contributed by atoms with E-state index in [1.165, 1.54) is 31.1 Å². The maximum atomic E-state index is 4.17. The van der Waals surface area contributed by atoms with E-state index < -0.39 is 0 Å². The van der Waals surface area contributed by atoms with Crippen molar-refractivity contribution in [2.45, 2.75) is 25.7 Å². The molecule has 0 unspecified atom stereocenters. The molecule has 0 bridgehead atoms. The van der Waals surface area contributed by atoms with Crippen molar-refractivity contribution in [1.82, 2.24) is 10.2 Å². The van der Waals surface area contributed by atoms with Crippen LogP contribution in [0.3, 0.4) is 0 Å². The number of hydrogen-bond donors (Lipinski definition) is 1. The molecule has 0 radical (unpaired) electrons. The van der Waals surface area contributed by atoms with E-state index in [4.69, 9.17) is 0 Å². The van der Waals surface area contributed by atoms with Crippen LogP contribution < -0.4 is 5.32 Å². The molecule has 1 aromatic carbocycles. The summed E-state index contributed by atoms with van der Waals surface area (Å²) < 4.78 is 0. The van der Waals surface area contributed by atoms with Crippen molar-refractivity contribution in [2.75, 3.05) is 11.9 Å². The number of fused-ring (bicyclic) bond motifs is 1. The van der Waals surface area contributed by atoms with Crippen LogP contribution in [0.4, 0.5) is 5.69 Å². The fourth-order valence-electron chi connectivity index (χ4n) is 3.14. The summed E-state index contributed by atoms with van der Waals surface area (Å²) in [6.45, 7) is 1.10. The first kappa shape index (κ1) is 11.2. The topological polar surface area (TPSA) is 37.8 Å². The summed E-state index contributed by atoms with van der Waals surface area (Å²) in [5.41, 5.74) is 2.11. The predicted molar refractivity (Wildman–Crippen MR) is 77.0 cm³/mol. The Balaban J connectivity index is 1.54. The molecule has 3 heteroatoms. The fraction of sp³-hybridized carbons (Fsp3) is 0.500. The minimum Gasteiger partial charge on any atom is -0.383 e. The molecular formula is C16H19N3. The van der Waals surface area contributed by atoms with Gasteiger partial charge in [0.15, 0.2) is 0 Å². The lowest BCUT2D eigenvalue weighted by Gasteiger charge is -2.17. The molecule has 3 nitrogen and oxygen atoms in total. The summed E-state index contributed by atoms with van der Waals surface area (Å²) in [6.07, 6.45) is 7.63. The summed E-state index contributed by atoms with van der Waals surface area (Å²) in [5.74, 6) is 2.86. The van der Waals surface area contributed by atoms with Crippen LogP contribution >= 0.6 is 0 Å². The van der Waals surface area contributed by atoms with Crippen molar-refractivity contribution >= 4 is 16.6 Å². The molecule has 98 valence electrons. The largest absolute Gasteiger partial charge is 0.383 e. The van der Waals surface area contributed by atoms with Gasteiger partial charge in [0, 0.05) is 11.9 Å². The molecule has 0 amide bonds. The third-order valence-electron chi connectivity index (χ3n) is 4.53. The van der Waals surface area contributed by atoms with Crippen molar-refractivity contribution in [2.24, 2.45) is 17.8 Å². The van der Waals surface area contributed by atoms with E-state index in [-0.39, 0.29) is 0 Å². The number of nitrogens with one attached hydrogen (secondary N) is 1. The first-order chi connectivity index (χ1) is 9.42. The zero-order valence-corrected chi connectivity index (χ0v) is 11.0. The van der Waals surface area contributed by atoms with Crippen molar-refractivity contribution in [1.29, 1.82) is 0 Å². The zero-order chi connectivity index (χ0) is 12.7.